The lowest BCUT2D eigenvalue weighted by atomic mass is 10.3. The molecule has 1 aromatic rings. The van der Waals surface area contributed by atoms with Gasteiger partial charge in [0.1, 0.15) is 4.60 Å². The summed E-state index contributed by atoms with van der Waals surface area (Å²) < 4.78 is 0.838. The highest BCUT2D eigenvalue weighted by atomic mass is 79.9. The van der Waals surface area contributed by atoms with E-state index in [0.29, 0.717) is 0 Å². The average Bonchev–Trinajstić information content (AvgIpc) is 1.88. The number of nitrogens with zero attached hydrogens (tertiary/aromatic N) is 2. The van der Waals surface area contributed by atoms with Crippen LogP contribution in [0.4, 0.5) is 0 Å². The van der Waals surface area contributed by atoms with Gasteiger partial charge in [-0.15, -0.1) is 0 Å². The highest BCUT2D eigenvalue weighted by Gasteiger charge is 1.87. The Kier molecular flexibility index (Phi) is 2.57. The van der Waals surface area contributed by atoms with Gasteiger partial charge in [-0.3, -0.25) is 4.99 Å². The van der Waals surface area contributed by atoms with Gasteiger partial charge in [-0.2, -0.15) is 0 Å². The van der Waals surface area contributed by atoms with E-state index in [1.54, 1.807) is 19.5 Å². The average molecular weight is 199 g/mol. The van der Waals surface area contributed by atoms with Crippen molar-refractivity contribution in [3.8, 4) is 0 Å². The Bertz CT molecular complexity index is 245. The van der Waals surface area contributed by atoms with E-state index < -0.39 is 0 Å². The summed E-state index contributed by atoms with van der Waals surface area (Å²) in [4.78, 5) is 7.85. The Hall–Kier alpha value is -0.700. The molecule has 0 N–H and O–H groups in total. The first-order valence-electron chi connectivity index (χ1n) is 2.86. The van der Waals surface area contributed by atoms with Gasteiger partial charge in [0.15, 0.2) is 0 Å². The van der Waals surface area contributed by atoms with Crippen LogP contribution in [-0.2, 0) is 0 Å². The Morgan fingerprint density at radius 3 is 3.10 bits per heavy atom. The molecule has 0 amide bonds. The molecular formula is C7H7BrN2. The van der Waals surface area contributed by atoms with Crippen LogP contribution in [-0.4, -0.2) is 18.2 Å². The highest BCUT2D eigenvalue weighted by molar-refractivity contribution is 9.10. The number of hydrogen-bond donors (Lipinski definition) is 0. The van der Waals surface area contributed by atoms with E-state index in [0.717, 1.165) is 10.2 Å². The summed E-state index contributed by atoms with van der Waals surface area (Å²) in [5.74, 6) is 0. The molecule has 3 heteroatoms. The molecular weight excluding hydrogens is 192 g/mol. The third kappa shape index (κ3) is 1.92. The molecule has 0 aliphatic heterocycles. The maximum Gasteiger partial charge on any atom is 0.106 e. The second-order valence-corrected chi connectivity index (χ2v) is 2.61. The molecule has 1 aromatic heterocycles. The van der Waals surface area contributed by atoms with Gasteiger partial charge in [0.2, 0.25) is 0 Å². The summed E-state index contributed by atoms with van der Waals surface area (Å²) in [6.45, 7) is 0. The summed E-state index contributed by atoms with van der Waals surface area (Å²) in [6, 6.07) is 3.81. The van der Waals surface area contributed by atoms with Crippen molar-refractivity contribution in [1.82, 2.24) is 4.98 Å². The molecule has 0 aromatic carbocycles. The van der Waals surface area contributed by atoms with Gasteiger partial charge in [-0.05, 0) is 33.6 Å². The second kappa shape index (κ2) is 3.46. The molecule has 0 aliphatic carbocycles. The Balaban J connectivity index is 2.95. The molecule has 0 saturated heterocycles. The van der Waals surface area contributed by atoms with Crippen molar-refractivity contribution in [2.24, 2.45) is 4.99 Å². The van der Waals surface area contributed by atoms with Gasteiger partial charge in [0, 0.05) is 19.5 Å². The summed E-state index contributed by atoms with van der Waals surface area (Å²) in [5, 5.41) is 0. The third-order valence-corrected chi connectivity index (χ3v) is 1.46. The van der Waals surface area contributed by atoms with Crippen LogP contribution in [0.1, 0.15) is 5.56 Å². The fourth-order valence-corrected chi connectivity index (χ4v) is 1.03. The summed E-state index contributed by atoms with van der Waals surface area (Å²) in [6.07, 6.45) is 3.52. The zero-order valence-electron chi connectivity index (χ0n) is 5.58. The molecule has 2 nitrogen and oxygen atoms in total. The van der Waals surface area contributed by atoms with Crippen LogP contribution in [0.15, 0.2) is 27.9 Å². The molecule has 0 aliphatic rings. The molecule has 0 fully saturated rings. The van der Waals surface area contributed by atoms with Crippen LogP contribution in [0.5, 0.6) is 0 Å². The fraction of sp³-hybridized carbons (Fsp3) is 0.143. The zero-order chi connectivity index (χ0) is 7.40. The topological polar surface area (TPSA) is 25.2 Å². The lowest BCUT2D eigenvalue weighted by Gasteiger charge is -1.90. The number of hydrogen-bond acceptors (Lipinski definition) is 2. The Labute approximate surface area is 68.1 Å². The van der Waals surface area contributed by atoms with Crippen molar-refractivity contribution < 1.29 is 0 Å². The summed E-state index contributed by atoms with van der Waals surface area (Å²) in [5.41, 5.74) is 1.06. The van der Waals surface area contributed by atoms with Gasteiger partial charge in [0.05, 0.1) is 0 Å². The molecule has 0 saturated carbocycles. The van der Waals surface area contributed by atoms with Crippen LogP contribution in [0.2, 0.25) is 0 Å². The van der Waals surface area contributed by atoms with Crippen molar-refractivity contribution in [3.63, 3.8) is 0 Å². The number of pyridine rings is 1. The normalized spacial score (nSPS) is 10.6. The van der Waals surface area contributed by atoms with E-state index in [9.17, 15) is 0 Å². The minimum Gasteiger partial charge on any atom is -0.296 e. The number of aliphatic imine (C=N–C) groups is 1. The minimum absolute atomic E-state index is 0.838. The Morgan fingerprint density at radius 2 is 2.50 bits per heavy atom. The number of rotatable bonds is 1. The zero-order valence-corrected chi connectivity index (χ0v) is 7.17. The maximum absolute atomic E-state index is 3.98. The van der Waals surface area contributed by atoms with Crippen LogP contribution in [0.3, 0.4) is 0 Å². The molecule has 0 bridgehead atoms. The monoisotopic (exact) mass is 198 g/mol. The molecule has 1 heterocycles. The molecule has 52 valence electrons. The molecule has 0 unspecified atom stereocenters. The SMILES string of the molecule is CN=Cc1ccnc(Br)c1. The van der Waals surface area contributed by atoms with Crippen LogP contribution in [0.25, 0.3) is 0 Å². The standard InChI is InChI=1S/C7H7BrN2/c1-9-5-6-2-3-10-7(8)4-6/h2-5H,1H3. The van der Waals surface area contributed by atoms with E-state index in [1.807, 2.05) is 12.1 Å². The second-order valence-electron chi connectivity index (χ2n) is 1.80. The van der Waals surface area contributed by atoms with E-state index in [-0.39, 0.29) is 0 Å². The smallest absolute Gasteiger partial charge is 0.106 e. The first kappa shape index (κ1) is 7.41. The van der Waals surface area contributed by atoms with Crippen molar-refractivity contribution in [3.05, 3.63) is 28.5 Å². The van der Waals surface area contributed by atoms with Crippen LogP contribution < -0.4 is 0 Å². The molecule has 1 rings (SSSR count). The van der Waals surface area contributed by atoms with Crippen molar-refractivity contribution in [2.75, 3.05) is 7.05 Å². The highest BCUT2D eigenvalue weighted by Crippen LogP contribution is 2.05. The van der Waals surface area contributed by atoms with Gasteiger partial charge < -0.3 is 0 Å². The largest absolute Gasteiger partial charge is 0.296 e. The lowest BCUT2D eigenvalue weighted by Crippen LogP contribution is -1.81. The van der Waals surface area contributed by atoms with Gasteiger partial charge in [0.25, 0.3) is 0 Å². The predicted octanol–water partition coefficient (Wildman–Crippen LogP) is 1.89. The third-order valence-electron chi connectivity index (χ3n) is 1.03. The van der Waals surface area contributed by atoms with Crippen LogP contribution >= 0.6 is 15.9 Å². The van der Waals surface area contributed by atoms with E-state index in [1.165, 1.54) is 0 Å². The maximum atomic E-state index is 3.98. The van der Waals surface area contributed by atoms with E-state index in [4.69, 9.17) is 0 Å². The lowest BCUT2D eigenvalue weighted by molar-refractivity contribution is 1.27. The molecule has 0 atom stereocenters. The first-order valence-corrected chi connectivity index (χ1v) is 3.66. The van der Waals surface area contributed by atoms with E-state index >= 15 is 0 Å². The summed E-state index contributed by atoms with van der Waals surface area (Å²) >= 11 is 3.26. The molecule has 0 radical (unpaired) electrons. The van der Waals surface area contributed by atoms with Crippen LogP contribution in [0, 0.1) is 0 Å². The van der Waals surface area contributed by atoms with Crippen molar-refractivity contribution >= 4 is 22.1 Å². The minimum atomic E-state index is 0.838. The van der Waals surface area contributed by atoms with Gasteiger partial charge >= 0.3 is 0 Å². The van der Waals surface area contributed by atoms with Crippen molar-refractivity contribution in [2.45, 2.75) is 0 Å². The fourth-order valence-electron chi connectivity index (χ4n) is 0.647. The first-order chi connectivity index (χ1) is 4.83. The predicted molar refractivity (Wildman–Crippen MR) is 45.5 cm³/mol. The Morgan fingerprint density at radius 1 is 1.70 bits per heavy atom. The molecule has 0 spiro atoms. The number of aromatic nitrogens is 1. The van der Waals surface area contributed by atoms with Crippen molar-refractivity contribution in [1.29, 1.82) is 0 Å². The summed E-state index contributed by atoms with van der Waals surface area (Å²) in [7, 11) is 1.74. The van der Waals surface area contributed by atoms with Gasteiger partial charge in [-0.25, -0.2) is 4.98 Å². The van der Waals surface area contributed by atoms with E-state index in [2.05, 4.69) is 25.9 Å². The quantitative estimate of drug-likeness (QED) is 0.500. The molecule has 10 heavy (non-hydrogen) atoms. The van der Waals surface area contributed by atoms with Gasteiger partial charge in [-0.1, -0.05) is 0 Å². The number of halogens is 1.